The molecule has 10 nitrogen and oxygen atoms in total. The van der Waals surface area contributed by atoms with Crippen molar-refractivity contribution in [1.82, 2.24) is 19.9 Å². The fourth-order valence-corrected chi connectivity index (χ4v) is 5.13. The van der Waals surface area contributed by atoms with Gasteiger partial charge in [0.2, 0.25) is 17.6 Å². The molecular weight excluding hydrogens is 472 g/mol. The van der Waals surface area contributed by atoms with Gasteiger partial charge in [-0.15, -0.1) is 0 Å². The Morgan fingerprint density at radius 1 is 1.24 bits per heavy atom. The van der Waals surface area contributed by atoms with E-state index in [1.165, 1.54) is 4.90 Å². The van der Waals surface area contributed by atoms with Crippen molar-refractivity contribution >= 4 is 23.2 Å². The number of aliphatic hydroxyl groups excluding tert-OH is 1. The van der Waals surface area contributed by atoms with E-state index in [1.54, 1.807) is 24.0 Å². The number of aromatic nitrogens is 2. The third-order valence-corrected chi connectivity index (χ3v) is 7.23. The molecule has 0 bridgehead atoms. The Balaban J connectivity index is 1.23. The highest BCUT2D eigenvalue weighted by Crippen LogP contribution is 2.31. The maximum atomic E-state index is 13.3. The summed E-state index contributed by atoms with van der Waals surface area (Å²) in [5, 5.41) is 25.2. The molecule has 0 saturated carbocycles. The number of amides is 2. The lowest BCUT2D eigenvalue weighted by atomic mass is 9.96. The maximum absolute atomic E-state index is 13.3. The predicted molar refractivity (Wildman–Crippen MR) is 138 cm³/mol. The van der Waals surface area contributed by atoms with Crippen LogP contribution in [0.5, 0.6) is 0 Å². The average Bonchev–Trinajstić information content (AvgIpc) is 3.54. The fourth-order valence-electron chi connectivity index (χ4n) is 5.13. The zero-order chi connectivity index (χ0) is 26.1. The van der Waals surface area contributed by atoms with Gasteiger partial charge in [0.25, 0.3) is 5.91 Å². The van der Waals surface area contributed by atoms with Crippen LogP contribution in [0.2, 0.25) is 0 Å². The van der Waals surface area contributed by atoms with E-state index in [0.717, 1.165) is 22.4 Å². The number of rotatable bonds is 7. The number of benzene rings is 2. The number of aliphatic hydroxyl groups is 1. The Morgan fingerprint density at radius 3 is 2.68 bits per heavy atom. The van der Waals surface area contributed by atoms with Crippen molar-refractivity contribution in [3.05, 3.63) is 65.0 Å². The number of fused-ring (bicyclic) bond motifs is 1. The molecule has 1 saturated heterocycles. The molecule has 2 aromatic carbocycles. The summed E-state index contributed by atoms with van der Waals surface area (Å²) in [6.45, 7) is 2.59. The normalized spacial score (nSPS) is 16.6. The molecule has 3 aromatic rings. The van der Waals surface area contributed by atoms with Gasteiger partial charge in [0.05, 0.1) is 6.61 Å². The molecule has 1 fully saturated rings. The molecular formula is C27H30N6O4. The first-order chi connectivity index (χ1) is 17.9. The second-order valence-corrected chi connectivity index (χ2v) is 9.48. The Bertz CT molecular complexity index is 1340. The highest BCUT2D eigenvalue weighted by atomic mass is 16.5. The monoisotopic (exact) mass is 502 g/mol. The highest BCUT2D eigenvalue weighted by molar-refractivity contribution is 6.02. The third kappa shape index (κ3) is 4.60. The number of anilines is 1. The Kier molecular flexibility index (Phi) is 6.75. The molecule has 0 radical (unpaired) electrons. The molecule has 0 spiro atoms. The van der Waals surface area contributed by atoms with Crippen LogP contribution in [0.25, 0.3) is 11.4 Å². The summed E-state index contributed by atoms with van der Waals surface area (Å²) in [6, 6.07) is 12.0. The molecule has 2 aliphatic heterocycles. The quantitative estimate of drug-likeness (QED) is 0.423. The summed E-state index contributed by atoms with van der Waals surface area (Å²) in [6.07, 6.45) is 1.29. The second kappa shape index (κ2) is 10.1. The molecule has 2 amide bonds. The van der Waals surface area contributed by atoms with Crippen LogP contribution in [0, 0.1) is 5.41 Å². The summed E-state index contributed by atoms with van der Waals surface area (Å²) in [4.78, 5) is 33.9. The number of piperidine rings is 1. The molecule has 10 heteroatoms. The lowest BCUT2D eigenvalue weighted by Gasteiger charge is -2.35. The SMILES string of the molecule is CNc1cc(-c2noc(C3CCN(C(=O)C(CO)N4Cc5ccccc5C4=O)CC3)n2)ccc1C(C)=N. The molecule has 1 aromatic heterocycles. The lowest BCUT2D eigenvalue weighted by Crippen LogP contribution is -2.52. The molecule has 5 rings (SSSR count). The lowest BCUT2D eigenvalue weighted by molar-refractivity contribution is -0.138. The number of hydrogen-bond donors (Lipinski definition) is 3. The van der Waals surface area contributed by atoms with E-state index in [-0.39, 0.29) is 17.7 Å². The van der Waals surface area contributed by atoms with Crippen LogP contribution in [-0.4, -0.2) is 75.4 Å². The number of carbonyl (C=O) groups is 2. The minimum absolute atomic E-state index is 0.0161. The zero-order valence-electron chi connectivity index (χ0n) is 20.9. The van der Waals surface area contributed by atoms with Gasteiger partial charge >= 0.3 is 0 Å². The van der Waals surface area contributed by atoms with E-state index < -0.39 is 12.6 Å². The van der Waals surface area contributed by atoms with E-state index in [9.17, 15) is 14.7 Å². The minimum atomic E-state index is -0.902. The smallest absolute Gasteiger partial charge is 0.255 e. The van der Waals surface area contributed by atoms with Crippen LogP contribution in [0.15, 0.2) is 47.0 Å². The van der Waals surface area contributed by atoms with Crippen molar-refractivity contribution in [2.75, 3.05) is 32.1 Å². The van der Waals surface area contributed by atoms with Crippen LogP contribution in [0.4, 0.5) is 5.69 Å². The second-order valence-electron chi connectivity index (χ2n) is 9.48. The van der Waals surface area contributed by atoms with Gasteiger partial charge < -0.3 is 30.2 Å². The van der Waals surface area contributed by atoms with Crippen LogP contribution >= 0.6 is 0 Å². The largest absolute Gasteiger partial charge is 0.394 e. The van der Waals surface area contributed by atoms with Crippen LogP contribution in [-0.2, 0) is 11.3 Å². The van der Waals surface area contributed by atoms with Gasteiger partial charge in [0.1, 0.15) is 6.04 Å². The van der Waals surface area contributed by atoms with Crippen LogP contribution in [0.3, 0.4) is 0 Å². The van der Waals surface area contributed by atoms with Gasteiger partial charge in [-0.05, 0) is 37.5 Å². The summed E-state index contributed by atoms with van der Waals surface area (Å²) >= 11 is 0. The summed E-state index contributed by atoms with van der Waals surface area (Å²) < 4.78 is 5.59. The van der Waals surface area contributed by atoms with E-state index in [4.69, 9.17) is 9.93 Å². The number of hydrogen-bond acceptors (Lipinski definition) is 8. The molecule has 1 atom stereocenters. The first-order valence-corrected chi connectivity index (χ1v) is 12.4. The number of carbonyl (C=O) groups excluding carboxylic acids is 2. The third-order valence-electron chi connectivity index (χ3n) is 7.23. The first kappa shape index (κ1) is 24.6. The summed E-state index contributed by atoms with van der Waals surface area (Å²) in [5.74, 6) is 0.564. The van der Waals surface area contributed by atoms with Crippen molar-refractivity contribution in [2.45, 2.75) is 38.3 Å². The van der Waals surface area contributed by atoms with Crippen molar-refractivity contribution in [1.29, 1.82) is 5.41 Å². The summed E-state index contributed by atoms with van der Waals surface area (Å²) in [5.41, 5.74) is 4.35. The molecule has 3 N–H and O–H groups in total. The van der Waals surface area contributed by atoms with Gasteiger partial charge in [0, 0.05) is 60.7 Å². The van der Waals surface area contributed by atoms with Gasteiger partial charge in [-0.25, -0.2) is 0 Å². The Hall–Kier alpha value is -4.05. The number of nitrogens with one attached hydrogen (secondary N) is 2. The van der Waals surface area contributed by atoms with Gasteiger partial charge in [0.15, 0.2) is 0 Å². The predicted octanol–water partition coefficient (Wildman–Crippen LogP) is 2.89. The number of likely N-dealkylation sites (tertiary alicyclic amines) is 1. The van der Waals surface area contributed by atoms with E-state index >= 15 is 0 Å². The van der Waals surface area contributed by atoms with Gasteiger partial charge in [-0.2, -0.15) is 4.98 Å². The molecule has 37 heavy (non-hydrogen) atoms. The average molecular weight is 503 g/mol. The maximum Gasteiger partial charge on any atom is 0.255 e. The number of nitrogens with zero attached hydrogens (tertiary/aromatic N) is 4. The molecule has 3 heterocycles. The molecule has 1 unspecified atom stereocenters. The summed E-state index contributed by atoms with van der Waals surface area (Å²) in [7, 11) is 1.81. The fraction of sp³-hybridized carbons (Fsp3) is 0.370. The van der Waals surface area contributed by atoms with Crippen LogP contribution in [0.1, 0.15) is 53.1 Å². The minimum Gasteiger partial charge on any atom is -0.394 e. The van der Waals surface area contributed by atoms with Gasteiger partial charge in [-0.1, -0.05) is 35.5 Å². The molecule has 192 valence electrons. The van der Waals surface area contributed by atoms with Gasteiger partial charge in [-0.3, -0.25) is 9.59 Å². The van der Waals surface area contributed by atoms with Crippen molar-refractivity contribution in [3.8, 4) is 11.4 Å². The zero-order valence-corrected chi connectivity index (χ0v) is 20.9. The van der Waals surface area contributed by atoms with Crippen molar-refractivity contribution in [2.24, 2.45) is 0 Å². The Labute approximate surface area is 214 Å². The molecule has 0 aliphatic carbocycles. The first-order valence-electron chi connectivity index (χ1n) is 12.4. The van der Waals surface area contributed by atoms with Crippen molar-refractivity contribution < 1.29 is 19.2 Å². The van der Waals surface area contributed by atoms with E-state index in [2.05, 4.69) is 15.5 Å². The Morgan fingerprint density at radius 2 is 2.00 bits per heavy atom. The highest BCUT2D eigenvalue weighted by Gasteiger charge is 2.39. The topological polar surface area (TPSA) is 136 Å². The van der Waals surface area contributed by atoms with Crippen LogP contribution < -0.4 is 5.32 Å². The molecule has 2 aliphatic rings. The van der Waals surface area contributed by atoms with E-state index in [1.807, 2.05) is 37.4 Å². The van der Waals surface area contributed by atoms with E-state index in [0.29, 0.717) is 55.5 Å². The standard InChI is InChI=1S/C27H30N6O4/c1-16(28)20-8-7-18(13-22(20)29-2)24-30-25(37-31-24)17-9-11-32(12-10-17)27(36)23(15-34)33-14-19-5-3-4-6-21(19)26(33)35/h3-8,13,17,23,28-29,34H,9-12,14-15H2,1-2H3. The van der Waals surface area contributed by atoms with Crippen molar-refractivity contribution in [3.63, 3.8) is 0 Å².